The van der Waals surface area contributed by atoms with Crippen LogP contribution in [0.5, 0.6) is 0 Å². The molecule has 0 radical (unpaired) electrons. The topological polar surface area (TPSA) is 41.6 Å². The van der Waals surface area contributed by atoms with E-state index in [4.69, 9.17) is 4.74 Å². The number of rotatable bonds is 4. The van der Waals surface area contributed by atoms with Crippen LogP contribution in [0.1, 0.15) is 32.1 Å². The molecule has 98 valence electrons. The van der Waals surface area contributed by atoms with Crippen molar-refractivity contribution < 1.29 is 9.53 Å². The monoisotopic (exact) mass is 240 g/mol. The van der Waals surface area contributed by atoms with Gasteiger partial charge in [-0.1, -0.05) is 12.8 Å². The van der Waals surface area contributed by atoms with Gasteiger partial charge in [-0.25, -0.2) is 0 Å². The molecule has 1 heterocycles. The minimum absolute atomic E-state index is 0.0732. The van der Waals surface area contributed by atoms with Gasteiger partial charge >= 0.3 is 5.97 Å². The zero-order valence-corrected chi connectivity index (χ0v) is 11.2. The molecule has 1 saturated carbocycles. The normalized spacial score (nSPS) is 33.8. The second kappa shape index (κ2) is 4.94. The van der Waals surface area contributed by atoms with Gasteiger partial charge in [0.2, 0.25) is 0 Å². The first-order chi connectivity index (χ1) is 8.07. The van der Waals surface area contributed by atoms with Crippen molar-refractivity contribution in [3.8, 4) is 0 Å². The van der Waals surface area contributed by atoms with E-state index in [2.05, 4.69) is 24.3 Å². The summed E-state index contributed by atoms with van der Waals surface area (Å²) >= 11 is 0. The molecule has 17 heavy (non-hydrogen) atoms. The van der Waals surface area contributed by atoms with Gasteiger partial charge in [-0.3, -0.25) is 4.79 Å². The SMILES string of the molecule is COC(=O)C1(CC2CC2)CC(N(C)C)CCN1. The third kappa shape index (κ3) is 2.80. The Kier molecular flexibility index (Phi) is 3.73. The molecular weight excluding hydrogens is 216 g/mol. The van der Waals surface area contributed by atoms with E-state index < -0.39 is 5.54 Å². The number of hydrogen-bond donors (Lipinski definition) is 1. The number of hydrogen-bond acceptors (Lipinski definition) is 4. The fourth-order valence-corrected chi connectivity index (χ4v) is 2.90. The van der Waals surface area contributed by atoms with Gasteiger partial charge in [0.1, 0.15) is 5.54 Å². The second-order valence-electron chi connectivity index (χ2n) is 5.76. The molecule has 0 aromatic carbocycles. The Morgan fingerprint density at radius 1 is 1.41 bits per heavy atom. The molecule has 2 atom stereocenters. The Bertz CT molecular complexity index is 289. The van der Waals surface area contributed by atoms with Gasteiger partial charge in [0.05, 0.1) is 7.11 Å². The van der Waals surface area contributed by atoms with Crippen molar-refractivity contribution in [1.82, 2.24) is 10.2 Å². The second-order valence-corrected chi connectivity index (χ2v) is 5.76. The highest BCUT2D eigenvalue weighted by Gasteiger charge is 2.47. The molecule has 1 aliphatic heterocycles. The number of piperidine rings is 1. The number of esters is 1. The van der Waals surface area contributed by atoms with E-state index in [1.165, 1.54) is 20.0 Å². The van der Waals surface area contributed by atoms with E-state index in [9.17, 15) is 4.79 Å². The predicted octanol–water partition coefficient (Wildman–Crippen LogP) is 1.01. The molecule has 0 aromatic heterocycles. The van der Waals surface area contributed by atoms with Gasteiger partial charge in [-0.05, 0) is 45.8 Å². The lowest BCUT2D eigenvalue weighted by Crippen LogP contribution is -2.60. The Morgan fingerprint density at radius 2 is 2.12 bits per heavy atom. The number of nitrogens with one attached hydrogen (secondary N) is 1. The summed E-state index contributed by atoms with van der Waals surface area (Å²) in [6.45, 7) is 0.907. The maximum atomic E-state index is 12.1. The van der Waals surface area contributed by atoms with Crippen molar-refractivity contribution in [1.29, 1.82) is 0 Å². The van der Waals surface area contributed by atoms with Gasteiger partial charge in [-0.2, -0.15) is 0 Å². The van der Waals surface area contributed by atoms with Crippen molar-refractivity contribution in [2.75, 3.05) is 27.7 Å². The quantitative estimate of drug-likeness (QED) is 0.745. The van der Waals surface area contributed by atoms with Gasteiger partial charge in [0.15, 0.2) is 0 Å². The van der Waals surface area contributed by atoms with Crippen molar-refractivity contribution in [3.63, 3.8) is 0 Å². The van der Waals surface area contributed by atoms with E-state index in [-0.39, 0.29) is 5.97 Å². The fourth-order valence-electron chi connectivity index (χ4n) is 2.90. The van der Waals surface area contributed by atoms with Crippen LogP contribution < -0.4 is 5.32 Å². The number of carbonyl (C=O) groups excluding carboxylic acids is 1. The van der Waals surface area contributed by atoms with Crippen molar-refractivity contribution in [3.05, 3.63) is 0 Å². The Balaban J connectivity index is 2.10. The first kappa shape index (κ1) is 12.8. The first-order valence-corrected chi connectivity index (χ1v) is 6.57. The smallest absolute Gasteiger partial charge is 0.326 e. The van der Waals surface area contributed by atoms with Crippen molar-refractivity contribution in [2.24, 2.45) is 5.92 Å². The third-order valence-electron chi connectivity index (χ3n) is 4.17. The maximum Gasteiger partial charge on any atom is 0.326 e. The fraction of sp³-hybridized carbons (Fsp3) is 0.923. The molecule has 0 aromatic rings. The summed E-state index contributed by atoms with van der Waals surface area (Å²) in [5, 5.41) is 3.44. The molecule has 1 N–H and O–H groups in total. The summed E-state index contributed by atoms with van der Waals surface area (Å²) in [4.78, 5) is 14.3. The average Bonchev–Trinajstić information content (AvgIpc) is 3.12. The molecule has 0 bridgehead atoms. The lowest BCUT2D eigenvalue weighted by atomic mass is 9.81. The van der Waals surface area contributed by atoms with Gasteiger partial charge < -0.3 is 15.0 Å². The largest absolute Gasteiger partial charge is 0.468 e. The minimum Gasteiger partial charge on any atom is -0.468 e. The summed E-state index contributed by atoms with van der Waals surface area (Å²) in [7, 11) is 5.68. The van der Waals surface area contributed by atoms with E-state index in [1.807, 2.05) is 0 Å². The van der Waals surface area contributed by atoms with Crippen LogP contribution >= 0.6 is 0 Å². The van der Waals surface area contributed by atoms with Gasteiger partial charge in [0.25, 0.3) is 0 Å². The summed E-state index contributed by atoms with van der Waals surface area (Å²) in [6.07, 6.45) is 5.48. The molecule has 2 rings (SSSR count). The van der Waals surface area contributed by atoms with Crippen LogP contribution in [-0.2, 0) is 9.53 Å². The van der Waals surface area contributed by atoms with Crippen LogP contribution in [-0.4, -0.2) is 50.2 Å². The Hall–Kier alpha value is -0.610. The molecule has 2 aliphatic rings. The highest BCUT2D eigenvalue weighted by atomic mass is 16.5. The van der Waals surface area contributed by atoms with Gasteiger partial charge in [0, 0.05) is 6.04 Å². The van der Waals surface area contributed by atoms with Crippen LogP contribution in [0.4, 0.5) is 0 Å². The molecule has 1 saturated heterocycles. The number of nitrogens with zero attached hydrogens (tertiary/aromatic N) is 1. The highest BCUT2D eigenvalue weighted by molar-refractivity contribution is 5.81. The van der Waals surface area contributed by atoms with Crippen molar-refractivity contribution >= 4 is 5.97 Å². The van der Waals surface area contributed by atoms with Crippen LogP contribution in [0.3, 0.4) is 0 Å². The number of methoxy groups -OCH3 is 1. The lowest BCUT2D eigenvalue weighted by Gasteiger charge is -2.42. The Labute approximate surface area is 104 Å². The molecule has 0 amide bonds. The third-order valence-corrected chi connectivity index (χ3v) is 4.17. The summed E-state index contributed by atoms with van der Waals surface area (Å²) in [6, 6.07) is 0.481. The maximum absolute atomic E-state index is 12.1. The molecule has 2 unspecified atom stereocenters. The molecule has 1 aliphatic carbocycles. The Morgan fingerprint density at radius 3 is 2.65 bits per heavy atom. The summed E-state index contributed by atoms with van der Waals surface area (Å²) in [5.74, 6) is 0.651. The van der Waals surface area contributed by atoms with Crippen LogP contribution in [0.25, 0.3) is 0 Å². The first-order valence-electron chi connectivity index (χ1n) is 6.57. The van der Waals surface area contributed by atoms with E-state index >= 15 is 0 Å². The molecular formula is C13H24N2O2. The predicted molar refractivity (Wildman–Crippen MR) is 66.8 cm³/mol. The van der Waals surface area contributed by atoms with Crippen LogP contribution in [0.2, 0.25) is 0 Å². The summed E-state index contributed by atoms with van der Waals surface area (Å²) in [5.41, 5.74) is -0.427. The summed E-state index contributed by atoms with van der Waals surface area (Å²) < 4.78 is 5.03. The lowest BCUT2D eigenvalue weighted by molar-refractivity contribution is -0.151. The van der Waals surface area contributed by atoms with E-state index in [0.29, 0.717) is 6.04 Å². The highest BCUT2D eigenvalue weighted by Crippen LogP contribution is 2.40. The van der Waals surface area contributed by atoms with Crippen LogP contribution in [0, 0.1) is 5.92 Å². The minimum atomic E-state index is -0.427. The molecule has 4 heteroatoms. The number of carbonyl (C=O) groups is 1. The average molecular weight is 240 g/mol. The van der Waals surface area contributed by atoms with Crippen molar-refractivity contribution in [2.45, 2.75) is 43.7 Å². The molecule has 0 spiro atoms. The molecule has 2 fully saturated rings. The zero-order chi connectivity index (χ0) is 12.5. The molecule has 4 nitrogen and oxygen atoms in total. The van der Waals surface area contributed by atoms with E-state index in [0.717, 1.165) is 31.7 Å². The van der Waals surface area contributed by atoms with E-state index in [1.54, 1.807) is 0 Å². The van der Waals surface area contributed by atoms with Crippen LogP contribution in [0.15, 0.2) is 0 Å². The zero-order valence-electron chi connectivity index (χ0n) is 11.2. The van der Waals surface area contributed by atoms with Gasteiger partial charge in [-0.15, -0.1) is 0 Å². The number of ether oxygens (including phenoxy) is 1. The standard InChI is InChI=1S/C13H24N2O2/c1-15(2)11-6-7-14-13(9-11,12(16)17-3)8-10-4-5-10/h10-11,14H,4-9H2,1-3H3.